The number of aromatic hydroxyl groups is 1. The average Bonchev–Trinajstić information content (AvgIpc) is 2.91. The van der Waals surface area contributed by atoms with Crippen molar-refractivity contribution in [3.05, 3.63) is 70.1 Å². The van der Waals surface area contributed by atoms with Gasteiger partial charge in [-0.15, -0.1) is 0 Å². The summed E-state index contributed by atoms with van der Waals surface area (Å²) in [7, 11) is 3.17. The third-order valence-electron chi connectivity index (χ3n) is 6.98. The van der Waals surface area contributed by atoms with Crippen LogP contribution >= 0.6 is 0 Å². The van der Waals surface area contributed by atoms with Crippen LogP contribution in [-0.2, 0) is 14.3 Å². The quantitative estimate of drug-likeness (QED) is 0.438. The molecule has 38 heavy (non-hydrogen) atoms. The predicted octanol–water partition coefficient (Wildman–Crippen LogP) is 5.12. The maximum Gasteiger partial charge on any atom is 0.336 e. The Hall–Kier alpha value is -3.94. The first-order valence-electron chi connectivity index (χ1n) is 12.9. The number of nitrogens with one attached hydrogen (secondary N) is 1. The maximum absolute atomic E-state index is 13.8. The highest BCUT2D eigenvalue weighted by Crippen LogP contribution is 2.47. The molecule has 2 N–H and O–H groups in total. The van der Waals surface area contributed by atoms with Crippen molar-refractivity contribution in [3.8, 4) is 23.0 Å². The second kappa shape index (κ2) is 11.6. The second-order valence-corrected chi connectivity index (χ2v) is 9.43. The summed E-state index contributed by atoms with van der Waals surface area (Å²) in [6, 6.07) is 10.7. The van der Waals surface area contributed by atoms with Crippen molar-refractivity contribution in [3.63, 3.8) is 0 Å². The highest BCUT2D eigenvalue weighted by molar-refractivity contribution is 6.04. The molecule has 0 fully saturated rings. The largest absolute Gasteiger partial charge is 0.504 e. The van der Waals surface area contributed by atoms with Gasteiger partial charge < -0.3 is 29.4 Å². The number of phenols is 1. The number of hydrogen-bond donors (Lipinski definition) is 2. The minimum Gasteiger partial charge on any atom is -0.504 e. The summed E-state index contributed by atoms with van der Waals surface area (Å²) < 4.78 is 22.0. The van der Waals surface area contributed by atoms with Gasteiger partial charge in [-0.05, 0) is 68.0 Å². The van der Waals surface area contributed by atoms with Crippen molar-refractivity contribution in [1.29, 1.82) is 0 Å². The number of carbonyl (C=O) groups excluding carboxylic acids is 2. The lowest BCUT2D eigenvalue weighted by molar-refractivity contribution is -0.139. The summed E-state index contributed by atoms with van der Waals surface area (Å²) in [4.78, 5) is 27.1. The van der Waals surface area contributed by atoms with Gasteiger partial charge in [0.25, 0.3) is 0 Å². The molecule has 0 spiro atoms. The van der Waals surface area contributed by atoms with Gasteiger partial charge in [-0.3, -0.25) is 4.79 Å². The number of carbonyl (C=O) groups is 2. The van der Waals surface area contributed by atoms with Gasteiger partial charge in [-0.25, -0.2) is 4.79 Å². The van der Waals surface area contributed by atoms with Crippen LogP contribution in [0.15, 0.2) is 58.9 Å². The second-order valence-electron chi connectivity index (χ2n) is 9.43. The van der Waals surface area contributed by atoms with Crippen molar-refractivity contribution < 1.29 is 33.6 Å². The van der Waals surface area contributed by atoms with E-state index in [-0.39, 0.29) is 30.5 Å². The third kappa shape index (κ3) is 5.21. The van der Waals surface area contributed by atoms with Crippen LogP contribution in [0.1, 0.15) is 63.0 Å². The maximum atomic E-state index is 13.8. The fraction of sp³-hybridized carbons (Fsp3) is 0.400. The summed E-state index contributed by atoms with van der Waals surface area (Å²) in [5, 5.41) is 13.7. The molecule has 0 unspecified atom stereocenters. The molecule has 2 aromatic carbocycles. The van der Waals surface area contributed by atoms with E-state index in [1.807, 2.05) is 39.0 Å². The molecule has 1 aliphatic carbocycles. The number of rotatable bonds is 9. The lowest BCUT2D eigenvalue weighted by Crippen LogP contribution is -2.36. The normalized spacial score (nSPS) is 19.0. The van der Waals surface area contributed by atoms with Crippen LogP contribution in [-0.4, -0.2) is 44.3 Å². The Kier molecular flexibility index (Phi) is 8.29. The van der Waals surface area contributed by atoms with E-state index in [4.69, 9.17) is 18.9 Å². The number of allylic oxidation sites excluding steroid dienone is 3. The number of esters is 1. The Labute approximate surface area is 223 Å². The molecule has 2 atom stereocenters. The fourth-order valence-corrected chi connectivity index (χ4v) is 5.24. The Balaban J connectivity index is 1.79. The fourth-order valence-electron chi connectivity index (χ4n) is 5.24. The average molecular weight is 522 g/mol. The Morgan fingerprint density at radius 2 is 1.71 bits per heavy atom. The molecule has 1 aliphatic heterocycles. The van der Waals surface area contributed by atoms with Crippen LogP contribution in [0.2, 0.25) is 0 Å². The molecule has 0 saturated carbocycles. The van der Waals surface area contributed by atoms with Gasteiger partial charge in [0.05, 0.1) is 33.0 Å². The van der Waals surface area contributed by atoms with Crippen LogP contribution in [0.4, 0.5) is 0 Å². The van der Waals surface area contributed by atoms with E-state index in [1.165, 1.54) is 6.07 Å². The number of phenolic OH excluding ortho intramolecular Hbond substituents is 1. The van der Waals surface area contributed by atoms with Gasteiger partial charge >= 0.3 is 5.97 Å². The van der Waals surface area contributed by atoms with Gasteiger partial charge in [-0.2, -0.15) is 0 Å². The molecular weight excluding hydrogens is 486 g/mol. The first-order chi connectivity index (χ1) is 18.3. The lowest BCUT2D eigenvalue weighted by atomic mass is 9.71. The van der Waals surface area contributed by atoms with Crippen molar-refractivity contribution in [2.24, 2.45) is 0 Å². The third-order valence-corrected chi connectivity index (χ3v) is 6.98. The standard InChI is InChI=1S/C30H35NO7/c1-6-12-38-30(34)27-17(3)31-21-13-20(18-9-11-24(35-4)26(15-18)36-5)14-23(33)29(21)28(27)19-8-10-22(32)25(16-19)37-7-2/h8-11,15-16,20,28,31-32H,6-7,12-14H2,1-5H3/t20-,28+/m0/s1. The zero-order valence-corrected chi connectivity index (χ0v) is 22.6. The highest BCUT2D eigenvalue weighted by atomic mass is 16.5. The summed E-state index contributed by atoms with van der Waals surface area (Å²) in [5.74, 6) is 0.298. The van der Waals surface area contributed by atoms with E-state index in [0.29, 0.717) is 59.1 Å². The summed E-state index contributed by atoms with van der Waals surface area (Å²) in [5.41, 5.74) is 4.01. The molecule has 4 rings (SSSR count). The molecule has 0 radical (unpaired) electrons. The molecule has 0 amide bonds. The smallest absolute Gasteiger partial charge is 0.336 e. The first-order valence-corrected chi connectivity index (χ1v) is 12.9. The number of ether oxygens (including phenoxy) is 4. The molecule has 0 saturated heterocycles. The first kappa shape index (κ1) is 27.1. The number of hydrogen-bond acceptors (Lipinski definition) is 8. The zero-order valence-electron chi connectivity index (χ0n) is 22.6. The van der Waals surface area contributed by atoms with Crippen LogP contribution < -0.4 is 19.5 Å². The molecule has 8 heteroatoms. The van der Waals surface area contributed by atoms with Gasteiger partial charge in [-0.1, -0.05) is 19.1 Å². The van der Waals surface area contributed by atoms with Crippen LogP contribution in [0, 0.1) is 0 Å². The van der Waals surface area contributed by atoms with Gasteiger partial charge in [0.1, 0.15) is 0 Å². The van der Waals surface area contributed by atoms with E-state index in [1.54, 1.807) is 26.4 Å². The zero-order chi connectivity index (χ0) is 27.4. The molecule has 0 aromatic heterocycles. The molecule has 2 aliphatic rings. The summed E-state index contributed by atoms with van der Waals surface area (Å²) >= 11 is 0. The Morgan fingerprint density at radius 1 is 1.00 bits per heavy atom. The summed E-state index contributed by atoms with van der Waals surface area (Å²) in [6.07, 6.45) is 1.54. The van der Waals surface area contributed by atoms with Crippen LogP contribution in [0.25, 0.3) is 0 Å². The van der Waals surface area contributed by atoms with E-state index in [9.17, 15) is 14.7 Å². The molecule has 202 valence electrons. The van der Waals surface area contributed by atoms with Gasteiger partial charge in [0.15, 0.2) is 28.8 Å². The molecule has 1 heterocycles. The van der Waals surface area contributed by atoms with E-state index in [2.05, 4.69) is 5.32 Å². The topological polar surface area (TPSA) is 103 Å². The van der Waals surface area contributed by atoms with Gasteiger partial charge in [0, 0.05) is 29.3 Å². The van der Waals surface area contributed by atoms with Crippen LogP contribution in [0.5, 0.6) is 23.0 Å². The van der Waals surface area contributed by atoms with Gasteiger partial charge in [0.2, 0.25) is 0 Å². The monoisotopic (exact) mass is 521 g/mol. The number of ketones is 1. The van der Waals surface area contributed by atoms with Crippen molar-refractivity contribution in [1.82, 2.24) is 5.32 Å². The van der Waals surface area contributed by atoms with Crippen molar-refractivity contribution in [2.45, 2.75) is 51.9 Å². The van der Waals surface area contributed by atoms with Crippen LogP contribution in [0.3, 0.4) is 0 Å². The van der Waals surface area contributed by atoms with E-state index < -0.39 is 11.9 Å². The minimum absolute atomic E-state index is 0.00182. The lowest BCUT2D eigenvalue weighted by Gasteiger charge is -2.37. The van der Waals surface area contributed by atoms with E-state index >= 15 is 0 Å². The highest BCUT2D eigenvalue weighted by Gasteiger charge is 2.41. The Morgan fingerprint density at radius 3 is 2.39 bits per heavy atom. The number of Topliss-reactive ketones (excluding diaryl/α,β-unsaturated/α-hetero) is 1. The molecule has 0 bridgehead atoms. The minimum atomic E-state index is -0.644. The number of dihydropyridines is 1. The number of methoxy groups -OCH3 is 2. The van der Waals surface area contributed by atoms with E-state index in [0.717, 1.165) is 11.3 Å². The Bertz CT molecular complexity index is 1290. The van der Waals surface area contributed by atoms with Crippen molar-refractivity contribution in [2.75, 3.05) is 27.4 Å². The molecular formula is C30H35NO7. The SMILES string of the molecule is CCCOC(=O)C1=C(C)NC2=C(C(=O)C[C@@H](c3ccc(OC)c(OC)c3)C2)[C@@H]1c1ccc(O)c(OCC)c1. The molecule has 8 nitrogen and oxygen atoms in total. The summed E-state index contributed by atoms with van der Waals surface area (Å²) in [6.45, 7) is 6.23. The van der Waals surface area contributed by atoms with Crippen molar-refractivity contribution >= 4 is 11.8 Å². The number of benzene rings is 2. The predicted molar refractivity (Wildman–Crippen MR) is 143 cm³/mol. The molecule has 2 aromatic rings.